The van der Waals surface area contributed by atoms with Crippen molar-refractivity contribution in [2.75, 3.05) is 32.7 Å². The third-order valence-corrected chi connectivity index (χ3v) is 5.56. The molecule has 2 saturated heterocycles. The van der Waals surface area contributed by atoms with Gasteiger partial charge < -0.3 is 10.4 Å². The molecule has 2 heterocycles. The van der Waals surface area contributed by atoms with E-state index in [2.05, 4.69) is 5.32 Å². The maximum atomic E-state index is 12.5. The van der Waals surface area contributed by atoms with Gasteiger partial charge >= 0.3 is 5.97 Å². The molecule has 9 heteroatoms. The van der Waals surface area contributed by atoms with Crippen LogP contribution < -0.4 is 5.32 Å². The lowest BCUT2D eigenvalue weighted by molar-refractivity contribution is -0.143. The molecule has 1 amide bonds. The summed E-state index contributed by atoms with van der Waals surface area (Å²) >= 11 is 0. The van der Waals surface area contributed by atoms with Gasteiger partial charge in [-0.2, -0.15) is 17.0 Å². The van der Waals surface area contributed by atoms with Crippen molar-refractivity contribution in [2.24, 2.45) is 5.92 Å². The Bertz CT molecular complexity index is 492. The number of hydrogen-bond donors (Lipinski definition) is 2. The minimum Gasteiger partial charge on any atom is -0.481 e. The highest BCUT2D eigenvalue weighted by molar-refractivity contribution is 7.86. The molecule has 1 unspecified atom stereocenters. The molecule has 0 aromatic heterocycles. The van der Waals surface area contributed by atoms with Crippen LogP contribution in [0.2, 0.25) is 0 Å². The quantitative estimate of drug-likeness (QED) is 0.684. The Balaban J connectivity index is 2.12. The molecule has 2 rings (SSSR count). The van der Waals surface area contributed by atoms with Crippen LogP contribution in [0.1, 0.15) is 19.3 Å². The highest BCUT2D eigenvalue weighted by Crippen LogP contribution is 2.21. The number of nitrogens with zero attached hydrogens (tertiary/aromatic N) is 2. The second-order valence-electron chi connectivity index (χ2n) is 5.08. The predicted octanol–water partition coefficient (Wildman–Crippen LogP) is -1.15. The van der Waals surface area contributed by atoms with Crippen molar-refractivity contribution in [1.82, 2.24) is 13.9 Å². The summed E-state index contributed by atoms with van der Waals surface area (Å²) in [4.78, 5) is 22.5. The monoisotopic (exact) mass is 305 g/mol. The van der Waals surface area contributed by atoms with Crippen molar-refractivity contribution in [2.45, 2.75) is 19.3 Å². The summed E-state index contributed by atoms with van der Waals surface area (Å²) in [6, 6.07) is 0. The fourth-order valence-electron chi connectivity index (χ4n) is 2.49. The van der Waals surface area contributed by atoms with Gasteiger partial charge in [-0.15, -0.1) is 0 Å². The first kappa shape index (κ1) is 15.2. The van der Waals surface area contributed by atoms with Crippen LogP contribution in [0.25, 0.3) is 0 Å². The molecule has 2 N–H and O–H groups in total. The van der Waals surface area contributed by atoms with E-state index in [0.29, 0.717) is 32.4 Å². The van der Waals surface area contributed by atoms with E-state index in [0.717, 1.165) is 4.31 Å². The third-order valence-electron chi connectivity index (χ3n) is 3.61. The van der Waals surface area contributed by atoms with Crippen LogP contribution in [-0.4, -0.2) is 66.7 Å². The molecule has 0 saturated carbocycles. The average molecular weight is 305 g/mol. The van der Waals surface area contributed by atoms with Crippen molar-refractivity contribution >= 4 is 22.1 Å². The second-order valence-corrected chi connectivity index (χ2v) is 7.01. The summed E-state index contributed by atoms with van der Waals surface area (Å²) in [5, 5.41) is 11.6. The van der Waals surface area contributed by atoms with Crippen LogP contribution in [0, 0.1) is 5.92 Å². The van der Waals surface area contributed by atoms with Crippen LogP contribution in [-0.2, 0) is 19.8 Å². The molecular formula is C11H19N3O5S. The van der Waals surface area contributed by atoms with Crippen molar-refractivity contribution in [3.8, 4) is 0 Å². The van der Waals surface area contributed by atoms with Crippen molar-refractivity contribution < 1.29 is 23.1 Å². The second kappa shape index (κ2) is 6.06. The van der Waals surface area contributed by atoms with Gasteiger partial charge in [0.25, 0.3) is 10.2 Å². The third kappa shape index (κ3) is 3.28. The van der Waals surface area contributed by atoms with E-state index < -0.39 is 22.1 Å². The highest BCUT2D eigenvalue weighted by atomic mass is 32.2. The lowest BCUT2D eigenvalue weighted by atomic mass is 10.0. The molecule has 0 radical (unpaired) electrons. The van der Waals surface area contributed by atoms with Gasteiger partial charge in [0.1, 0.15) is 0 Å². The molecular weight excluding hydrogens is 286 g/mol. The van der Waals surface area contributed by atoms with Gasteiger partial charge in [0.15, 0.2) is 0 Å². The van der Waals surface area contributed by atoms with E-state index in [-0.39, 0.29) is 25.5 Å². The smallest absolute Gasteiger partial charge is 0.307 e. The Kier molecular flexibility index (Phi) is 4.61. The van der Waals surface area contributed by atoms with Crippen LogP contribution >= 0.6 is 0 Å². The summed E-state index contributed by atoms with van der Waals surface area (Å²) in [6.45, 7) is 0.828. The first-order valence-electron chi connectivity index (χ1n) is 6.66. The molecule has 0 aromatic rings. The Morgan fingerprint density at radius 1 is 1.25 bits per heavy atom. The van der Waals surface area contributed by atoms with Crippen LogP contribution in [0.5, 0.6) is 0 Å². The van der Waals surface area contributed by atoms with E-state index in [9.17, 15) is 18.0 Å². The molecule has 2 fully saturated rings. The number of carboxylic acid groups (broad SMARTS) is 1. The van der Waals surface area contributed by atoms with Crippen molar-refractivity contribution in [3.63, 3.8) is 0 Å². The maximum absolute atomic E-state index is 12.5. The fraction of sp³-hybridized carbons (Fsp3) is 0.818. The number of carbonyl (C=O) groups excluding carboxylic acids is 1. The van der Waals surface area contributed by atoms with E-state index in [1.165, 1.54) is 4.31 Å². The number of amides is 1. The molecule has 2 aliphatic heterocycles. The number of rotatable bonds is 3. The molecule has 114 valence electrons. The first-order valence-corrected chi connectivity index (χ1v) is 8.05. The molecule has 0 spiro atoms. The van der Waals surface area contributed by atoms with Crippen molar-refractivity contribution in [3.05, 3.63) is 0 Å². The average Bonchev–Trinajstić information content (AvgIpc) is 2.64. The summed E-state index contributed by atoms with van der Waals surface area (Å²) in [5.74, 6) is -1.96. The van der Waals surface area contributed by atoms with Gasteiger partial charge in [-0.05, 0) is 19.3 Å². The van der Waals surface area contributed by atoms with E-state index >= 15 is 0 Å². The molecule has 0 aromatic carbocycles. The largest absolute Gasteiger partial charge is 0.481 e. The van der Waals surface area contributed by atoms with Gasteiger partial charge in [0, 0.05) is 26.2 Å². The van der Waals surface area contributed by atoms with Crippen LogP contribution in [0.15, 0.2) is 0 Å². The number of hydrogen-bond acceptors (Lipinski definition) is 4. The molecule has 0 bridgehead atoms. The lowest BCUT2D eigenvalue weighted by Crippen LogP contribution is -2.50. The molecule has 8 nitrogen and oxygen atoms in total. The Morgan fingerprint density at radius 2 is 1.95 bits per heavy atom. The van der Waals surface area contributed by atoms with E-state index in [4.69, 9.17) is 5.11 Å². The Morgan fingerprint density at radius 3 is 2.65 bits per heavy atom. The minimum atomic E-state index is -3.77. The number of carboxylic acids is 1. The predicted molar refractivity (Wildman–Crippen MR) is 70.1 cm³/mol. The van der Waals surface area contributed by atoms with Gasteiger partial charge in [-0.3, -0.25) is 9.59 Å². The van der Waals surface area contributed by atoms with Gasteiger partial charge in [0.2, 0.25) is 5.91 Å². The summed E-state index contributed by atoms with van der Waals surface area (Å²) in [7, 11) is -3.77. The van der Waals surface area contributed by atoms with Gasteiger partial charge in [-0.25, -0.2) is 0 Å². The zero-order valence-electron chi connectivity index (χ0n) is 11.1. The number of aliphatic carboxylic acids is 1. The summed E-state index contributed by atoms with van der Waals surface area (Å²) < 4.78 is 27.3. The summed E-state index contributed by atoms with van der Waals surface area (Å²) in [6.07, 6.45) is 1.57. The lowest BCUT2D eigenvalue weighted by Gasteiger charge is -2.33. The molecule has 0 aliphatic carbocycles. The standard InChI is InChI=1S/C11H19N3O5S/c15-10-8-14(6-2-4-12-10)20(18,19)13-5-1-3-9(7-13)11(16)17/h9H,1-8H2,(H,12,15)(H,16,17). The van der Waals surface area contributed by atoms with Gasteiger partial charge in [-0.1, -0.05) is 0 Å². The molecule has 20 heavy (non-hydrogen) atoms. The normalized spacial score (nSPS) is 26.8. The summed E-state index contributed by atoms with van der Waals surface area (Å²) in [5.41, 5.74) is 0. The first-order chi connectivity index (χ1) is 9.41. The SMILES string of the molecule is O=C1CN(S(=O)(=O)N2CCCC(C(=O)O)C2)CCCN1. The molecule has 1 atom stereocenters. The van der Waals surface area contributed by atoms with Crippen LogP contribution in [0.4, 0.5) is 0 Å². The van der Waals surface area contributed by atoms with Crippen molar-refractivity contribution in [1.29, 1.82) is 0 Å². The topological polar surface area (TPSA) is 107 Å². The maximum Gasteiger partial charge on any atom is 0.307 e. The number of carbonyl (C=O) groups is 2. The Hall–Kier alpha value is -1.19. The number of nitrogens with one attached hydrogen (secondary N) is 1. The van der Waals surface area contributed by atoms with Gasteiger partial charge in [0.05, 0.1) is 12.5 Å². The highest BCUT2D eigenvalue weighted by Gasteiger charge is 2.36. The fourth-order valence-corrected chi connectivity index (χ4v) is 4.19. The zero-order valence-corrected chi connectivity index (χ0v) is 11.9. The van der Waals surface area contributed by atoms with E-state index in [1.807, 2.05) is 0 Å². The Labute approximate surface area is 117 Å². The number of piperidine rings is 1. The zero-order chi connectivity index (χ0) is 14.8. The van der Waals surface area contributed by atoms with E-state index in [1.54, 1.807) is 0 Å². The minimum absolute atomic E-state index is 0.0181. The molecule has 2 aliphatic rings. The van der Waals surface area contributed by atoms with Crippen LogP contribution in [0.3, 0.4) is 0 Å².